The Morgan fingerprint density at radius 1 is 1.13 bits per heavy atom. The molecule has 1 aliphatic heterocycles. The molecular weight excluding hydrogens is 393 g/mol. The van der Waals surface area contributed by atoms with Crippen LogP contribution in [0.1, 0.15) is 24.1 Å². The van der Waals surface area contributed by atoms with Crippen molar-refractivity contribution in [3.8, 4) is 11.1 Å². The van der Waals surface area contributed by atoms with Gasteiger partial charge in [-0.2, -0.15) is 4.99 Å². The molecule has 0 bridgehead atoms. The third-order valence-electron chi connectivity index (χ3n) is 5.76. The summed E-state index contributed by atoms with van der Waals surface area (Å²) in [6.45, 7) is 5.64. The van der Waals surface area contributed by atoms with Gasteiger partial charge in [0.05, 0.1) is 5.69 Å². The van der Waals surface area contributed by atoms with Crippen LogP contribution in [0, 0.1) is 5.82 Å². The van der Waals surface area contributed by atoms with Crippen molar-refractivity contribution in [3.63, 3.8) is 0 Å². The maximum Gasteiger partial charge on any atom is 0.253 e. The van der Waals surface area contributed by atoms with Gasteiger partial charge in [-0.1, -0.05) is 54.5 Å². The van der Waals surface area contributed by atoms with E-state index in [1.807, 2.05) is 54.3 Å². The van der Waals surface area contributed by atoms with E-state index in [9.17, 15) is 4.39 Å². The molecule has 0 amide bonds. The smallest absolute Gasteiger partial charge is 0.253 e. The van der Waals surface area contributed by atoms with Gasteiger partial charge in [-0.15, -0.1) is 0 Å². The molecule has 3 aromatic rings. The van der Waals surface area contributed by atoms with E-state index in [1.54, 1.807) is 12.1 Å². The number of benzene rings is 2. The SMILES string of the molecule is CC(Cc1cc(N=C(N)N2CCN(C)CC2)on1)c1ccc(-c2ccccc2)c(F)c1. The monoisotopic (exact) mass is 421 g/mol. The lowest BCUT2D eigenvalue weighted by Gasteiger charge is -2.32. The molecule has 0 aliphatic carbocycles. The highest BCUT2D eigenvalue weighted by atomic mass is 19.1. The zero-order chi connectivity index (χ0) is 21.8. The molecule has 1 aliphatic rings. The van der Waals surface area contributed by atoms with E-state index < -0.39 is 0 Å². The zero-order valence-electron chi connectivity index (χ0n) is 18.0. The van der Waals surface area contributed by atoms with Crippen LogP contribution in [0.4, 0.5) is 10.3 Å². The molecule has 31 heavy (non-hydrogen) atoms. The normalized spacial score (nSPS) is 16.5. The summed E-state index contributed by atoms with van der Waals surface area (Å²) in [5, 5.41) is 4.12. The molecule has 0 spiro atoms. The van der Waals surface area contributed by atoms with Gasteiger partial charge in [0, 0.05) is 37.8 Å². The van der Waals surface area contributed by atoms with E-state index >= 15 is 0 Å². The Bertz CT molecular complexity index is 1040. The van der Waals surface area contributed by atoms with Crippen LogP contribution in [0.2, 0.25) is 0 Å². The summed E-state index contributed by atoms with van der Waals surface area (Å²) in [5.41, 5.74) is 9.30. The number of piperazine rings is 1. The van der Waals surface area contributed by atoms with Crippen LogP contribution in [0.25, 0.3) is 11.1 Å². The number of nitrogens with two attached hydrogens (primary N) is 1. The highest BCUT2D eigenvalue weighted by Gasteiger charge is 2.17. The minimum absolute atomic E-state index is 0.0798. The molecule has 4 rings (SSSR count). The van der Waals surface area contributed by atoms with Gasteiger partial charge in [0.15, 0.2) is 5.96 Å². The molecule has 7 heteroatoms. The van der Waals surface area contributed by atoms with Crippen LogP contribution in [-0.2, 0) is 6.42 Å². The Morgan fingerprint density at radius 3 is 2.58 bits per heavy atom. The van der Waals surface area contributed by atoms with Gasteiger partial charge in [-0.3, -0.25) is 0 Å². The first-order chi connectivity index (χ1) is 15.0. The van der Waals surface area contributed by atoms with Gasteiger partial charge in [0.25, 0.3) is 5.88 Å². The van der Waals surface area contributed by atoms with E-state index in [-0.39, 0.29) is 11.7 Å². The van der Waals surface area contributed by atoms with E-state index in [0.29, 0.717) is 23.8 Å². The van der Waals surface area contributed by atoms with E-state index in [0.717, 1.165) is 43.0 Å². The highest BCUT2D eigenvalue weighted by molar-refractivity contribution is 5.80. The summed E-state index contributed by atoms with van der Waals surface area (Å²) >= 11 is 0. The Hall–Kier alpha value is -3.19. The second-order valence-electron chi connectivity index (χ2n) is 8.13. The van der Waals surface area contributed by atoms with Crippen LogP contribution in [0.5, 0.6) is 0 Å². The standard InChI is InChI=1S/C24H28FN5O/c1-17(19-8-9-21(22(25)15-19)18-6-4-3-5-7-18)14-20-16-23(31-28-20)27-24(26)30-12-10-29(2)11-13-30/h3-9,15-17H,10-14H2,1-2H3,(H2,26,27). The Labute approximate surface area is 182 Å². The molecule has 1 fully saturated rings. The van der Waals surface area contributed by atoms with Crippen molar-refractivity contribution in [1.82, 2.24) is 15.0 Å². The molecule has 6 nitrogen and oxygen atoms in total. The minimum atomic E-state index is -0.221. The lowest BCUT2D eigenvalue weighted by molar-refractivity contribution is 0.214. The summed E-state index contributed by atoms with van der Waals surface area (Å²) in [4.78, 5) is 8.68. The Kier molecular flexibility index (Phi) is 6.32. The average molecular weight is 422 g/mol. The predicted molar refractivity (Wildman–Crippen MR) is 121 cm³/mol. The molecule has 1 atom stereocenters. The molecule has 1 unspecified atom stereocenters. The summed E-state index contributed by atoms with van der Waals surface area (Å²) in [5.74, 6) is 0.698. The average Bonchev–Trinajstić information content (AvgIpc) is 3.21. The van der Waals surface area contributed by atoms with Crippen LogP contribution >= 0.6 is 0 Å². The zero-order valence-corrected chi connectivity index (χ0v) is 18.0. The highest BCUT2D eigenvalue weighted by Crippen LogP contribution is 2.28. The van der Waals surface area contributed by atoms with Crippen molar-refractivity contribution in [1.29, 1.82) is 0 Å². The lowest BCUT2D eigenvalue weighted by Crippen LogP contribution is -2.49. The van der Waals surface area contributed by atoms with Crippen molar-refractivity contribution < 1.29 is 8.91 Å². The van der Waals surface area contributed by atoms with Crippen molar-refractivity contribution >= 4 is 11.8 Å². The van der Waals surface area contributed by atoms with Crippen molar-refractivity contribution in [2.45, 2.75) is 19.3 Å². The van der Waals surface area contributed by atoms with Crippen molar-refractivity contribution in [2.75, 3.05) is 33.2 Å². The second kappa shape index (κ2) is 9.31. The number of aliphatic imine (C=N–C) groups is 1. The fraction of sp³-hybridized carbons (Fsp3) is 0.333. The van der Waals surface area contributed by atoms with Gasteiger partial charge in [0.2, 0.25) is 0 Å². The number of halogens is 1. The fourth-order valence-electron chi connectivity index (χ4n) is 3.79. The maximum atomic E-state index is 14.7. The molecule has 1 aromatic heterocycles. The van der Waals surface area contributed by atoms with E-state index in [4.69, 9.17) is 10.3 Å². The van der Waals surface area contributed by atoms with Gasteiger partial charge >= 0.3 is 0 Å². The third-order valence-corrected chi connectivity index (χ3v) is 5.76. The molecule has 2 heterocycles. The molecule has 0 saturated carbocycles. The van der Waals surface area contributed by atoms with Crippen molar-refractivity contribution in [3.05, 3.63) is 71.7 Å². The first-order valence-corrected chi connectivity index (χ1v) is 10.6. The third kappa shape index (κ3) is 5.11. The van der Waals surface area contributed by atoms with E-state index in [1.165, 1.54) is 0 Å². The minimum Gasteiger partial charge on any atom is -0.369 e. The van der Waals surface area contributed by atoms with Crippen LogP contribution < -0.4 is 5.73 Å². The second-order valence-corrected chi connectivity index (χ2v) is 8.13. The predicted octanol–water partition coefficient (Wildman–Crippen LogP) is 4.02. The summed E-state index contributed by atoms with van der Waals surface area (Å²) < 4.78 is 20.1. The van der Waals surface area contributed by atoms with Crippen LogP contribution in [-0.4, -0.2) is 54.1 Å². The molecule has 2 N–H and O–H groups in total. The maximum absolute atomic E-state index is 14.7. The van der Waals surface area contributed by atoms with Crippen molar-refractivity contribution in [2.24, 2.45) is 10.7 Å². The summed E-state index contributed by atoms with van der Waals surface area (Å²) in [6, 6.07) is 16.8. The molecule has 162 valence electrons. The van der Waals surface area contributed by atoms with Crippen LogP contribution in [0.15, 0.2) is 64.1 Å². The summed E-state index contributed by atoms with van der Waals surface area (Å²) in [7, 11) is 2.09. The number of nitrogens with zero attached hydrogens (tertiary/aromatic N) is 4. The topological polar surface area (TPSA) is 70.9 Å². The number of rotatable bonds is 5. The first kappa shape index (κ1) is 21.1. The largest absolute Gasteiger partial charge is 0.369 e. The number of hydrogen-bond acceptors (Lipinski definition) is 4. The molecule has 0 radical (unpaired) electrons. The Morgan fingerprint density at radius 2 is 1.87 bits per heavy atom. The fourth-order valence-corrected chi connectivity index (χ4v) is 3.79. The Balaban J connectivity index is 1.41. The molecular formula is C24H28FN5O. The van der Waals surface area contributed by atoms with Gasteiger partial charge in [-0.25, -0.2) is 4.39 Å². The summed E-state index contributed by atoms with van der Waals surface area (Å²) in [6.07, 6.45) is 0.623. The number of guanidine groups is 1. The number of likely N-dealkylation sites (N-methyl/N-ethyl adjacent to an activating group) is 1. The van der Waals surface area contributed by atoms with E-state index in [2.05, 4.69) is 22.1 Å². The molecule has 2 aromatic carbocycles. The number of aromatic nitrogens is 1. The number of hydrogen-bond donors (Lipinski definition) is 1. The quantitative estimate of drug-likeness (QED) is 0.498. The van der Waals surface area contributed by atoms with Gasteiger partial charge in [0.1, 0.15) is 5.82 Å². The molecule has 1 saturated heterocycles. The first-order valence-electron chi connectivity index (χ1n) is 10.6. The lowest BCUT2D eigenvalue weighted by atomic mass is 9.94. The van der Waals surface area contributed by atoms with Gasteiger partial charge < -0.3 is 20.1 Å². The van der Waals surface area contributed by atoms with Crippen LogP contribution in [0.3, 0.4) is 0 Å². The van der Waals surface area contributed by atoms with Gasteiger partial charge in [-0.05, 0) is 36.6 Å².